The Labute approximate surface area is 362 Å². The van der Waals surface area contributed by atoms with Gasteiger partial charge < -0.3 is 0 Å². The number of anilines is 7. The number of fused-ring (bicyclic) bond motifs is 3. The smallest absolute Gasteiger partial charge is 0.0345 e. The van der Waals surface area contributed by atoms with Gasteiger partial charge in [0.15, 0.2) is 0 Å². The van der Waals surface area contributed by atoms with Crippen LogP contribution in [0.15, 0.2) is 146 Å². The molecule has 0 fully saturated rings. The van der Waals surface area contributed by atoms with Crippen LogP contribution in [0.1, 0.15) is 79.0 Å². The molecule has 2 aliphatic rings. The minimum atomic E-state index is -0.0220. The standard InChI is InChI=1S/C53H53N5OSe/c1-51(2,3)37-18-20-44-46(29-37)56(34-57(44)41-27-36(35-14-11-10-12-15-35)26-39(28-41)53(7,8)9)40-16-13-17-42(31-40)59-43-19-21-48-47(32-43)58(45-23-24-54-33-49(45)60-48)50-30-38(22-25-55-50)52(4,5)6/h10-33H,34H2,1-9H3. The first kappa shape index (κ1) is 39.6. The molecule has 0 atom stereocenters. The van der Waals surface area contributed by atoms with Crippen molar-refractivity contribution in [1.82, 2.24) is 9.97 Å². The number of rotatable bonds is 6. The zero-order chi connectivity index (χ0) is 42.0. The van der Waals surface area contributed by atoms with E-state index in [0.29, 0.717) is 6.67 Å². The maximum Gasteiger partial charge on any atom is -0.0345 e. The van der Waals surface area contributed by atoms with Gasteiger partial charge in [0, 0.05) is 0 Å². The van der Waals surface area contributed by atoms with Crippen LogP contribution in [0.4, 0.5) is 39.9 Å². The van der Waals surface area contributed by atoms with Crippen molar-refractivity contribution in [3.63, 3.8) is 0 Å². The topological polar surface area (TPSA) is 44.7 Å². The molecule has 2 aromatic heterocycles. The van der Waals surface area contributed by atoms with Crippen molar-refractivity contribution >= 4 is 63.8 Å². The summed E-state index contributed by atoms with van der Waals surface area (Å²) in [4.78, 5) is 16.6. The van der Waals surface area contributed by atoms with Gasteiger partial charge in [0.25, 0.3) is 0 Å². The van der Waals surface area contributed by atoms with Crippen molar-refractivity contribution in [2.75, 3.05) is 21.4 Å². The van der Waals surface area contributed by atoms with Crippen molar-refractivity contribution in [2.45, 2.75) is 78.6 Å². The van der Waals surface area contributed by atoms with E-state index in [4.69, 9.17) is 9.72 Å². The van der Waals surface area contributed by atoms with Gasteiger partial charge in [0.2, 0.25) is 0 Å². The summed E-state index contributed by atoms with van der Waals surface area (Å²) >= 11 is 0.0880. The maximum absolute atomic E-state index is 6.80. The van der Waals surface area contributed by atoms with Crippen LogP contribution in [0, 0.1) is 0 Å². The van der Waals surface area contributed by atoms with E-state index in [1.54, 1.807) is 0 Å². The van der Waals surface area contributed by atoms with E-state index in [1.807, 2.05) is 18.6 Å². The Balaban J connectivity index is 1.08. The molecule has 0 spiro atoms. The summed E-state index contributed by atoms with van der Waals surface area (Å²) in [6.07, 6.45) is 5.80. The Morgan fingerprint density at radius 2 is 1.23 bits per heavy atom. The van der Waals surface area contributed by atoms with E-state index in [2.05, 4.69) is 209 Å². The molecule has 7 aromatic rings. The number of nitrogens with zero attached hydrogens (tertiary/aromatic N) is 5. The summed E-state index contributed by atoms with van der Waals surface area (Å²) in [6.45, 7) is 21.1. The minimum absolute atomic E-state index is 0.00602. The Bertz CT molecular complexity index is 2730. The third kappa shape index (κ3) is 7.69. The van der Waals surface area contributed by atoms with Crippen molar-refractivity contribution < 1.29 is 4.74 Å². The molecule has 9 rings (SSSR count). The summed E-state index contributed by atoms with van der Waals surface area (Å²) in [6, 6.07) is 46.2. The summed E-state index contributed by atoms with van der Waals surface area (Å²) in [5, 5.41) is 0. The van der Waals surface area contributed by atoms with E-state index >= 15 is 0 Å². The number of hydrogen-bond donors (Lipinski definition) is 0. The first-order valence-electron chi connectivity index (χ1n) is 20.8. The van der Waals surface area contributed by atoms with Gasteiger partial charge in [-0.3, -0.25) is 0 Å². The molecule has 4 heterocycles. The molecule has 0 saturated carbocycles. The van der Waals surface area contributed by atoms with Crippen molar-refractivity contribution in [2.24, 2.45) is 0 Å². The fourth-order valence-corrected chi connectivity index (χ4v) is 10.1. The second kappa shape index (κ2) is 15.0. The van der Waals surface area contributed by atoms with Crippen molar-refractivity contribution in [3.8, 4) is 22.6 Å². The van der Waals surface area contributed by atoms with Crippen LogP contribution in [-0.4, -0.2) is 31.6 Å². The van der Waals surface area contributed by atoms with E-state index in [0.717, 1.165) is 34.4 Å². The predicted octanol–water partition coefficient (Wildman–Crippen LogP) is 12.5. The molecule has 0 aliphatic carbocycles. The molecule has 0 N–H and O–H groups in total. The van der Waals surface area contributed by atoms with Gasteiger partial charge in [-0.1, -0.05) is 84.0 Å². The Kier molecular flexibility index (Phi) is 9.89. The number of hydrogen-bond acceptors (Lipinski definition) is 6. The third-order valence-corrected chi connectivity index (χ3v) is 13.8. The van der Waals surface area contributed by atoms with Gasteiger partial charge in [-0.25, -0.2) is 0 Å². The minimum Gasteiger partial charge on any atom is -0.0345 e. The van der Waals surface area contributed by atoms with Gasteiger partial charge in [-0.15, -0.1) is 0 Å². The summed E-state index contributed by atoms with van der Waals surface area (Å²) in [7, 11) is 0. The fraction of sp³-hybridized carbons (Fsp3) is 0.245. The van der Waals surface area contributed by atoms with Gasteiger partial charge in [-0.05, 0) is 39.7 Å². The summed E-state index contributed by atoms with van der Waals surface area (Å²) in [5.41, 5.74) is 13.1. The molecular weight excluding hydrogens is 802 g/mol. The molecule has 0 unspecified atom stereocenters. The quantitative estimate of drug-likeness (QED) is 0.155. The van der Waals surface area contributed by atoms with Crippen LogP contribution in [0.25, 0.3) is 11.1 Å². The molecule has 5 aromatic carbocycles. The monoisotopic (exact) mass is 855 g/mol. The summed E-state index contributed by atoms with van der Waals surface area (Å²) in [5.74, 6) is 2.45. The number of aromatic nitrogens is 2. The fourth-order valence-electron chi connectivity index (χ4n) is 7.98. The molecule has 0 amide bonds. The van der Waals surface area contributed by atoms with E-state index < -0.39 is 0 Å². The Morgan fingerprint density at radius 1 is 0.500 bits per heavy atom. The van der Waals surface area contributed by atoms with Gasteiger partial charge in [0.05, 0.1) is 0 Å². The second-order valence-corrected chi connectivity index (χ2v) is 21.3. The number of pyridine rings is 2. The molecule has 6 nitrogen and oxygen atoms in total. The maximum atomic E-state index is 6.80. The molecule has 0 bridgehead atoms. The van der Waals surface area contributed by atoms with E-state index in [9.17, 15) is 0 Å². The summed E-state index contributed by atoms with van der Waals surface area (Å²) < 4.78 is 9.30. The van der Waals surface area contributed by atoms with E-state index in [1.165, 1.54) is 53.8 Å². The largest absolute Gasteiger partial charge is 0.0345 e. The average Bonchev–Trinajstić information content (AvgIpc) is 3.61. The van der Waals surface area contributed by atoms with Crippen LogP contribution in [0.5, 0.6) is 11.5 Å². The second-order valence-electron chi connectivity index (χ2n) is 19.0. The molecule has 60 heavy (non-hydrogen) atoms. The van der Waals surface area contributed by atoms with Gasteiger partial charge in [-0.2, -0.15) is 0 Å². The number of benzene rings is 5. The zero-order valence-corrected chi connectivity index (χ0v) is 37.8. The van der Waals surface area contributed by atoms with Crippen molar-refractivity contribution in [3.05, 3.63) is 163 Å². The van der Waals surface area contributed by atoms with Gasteiger partial charge in [0.1, 0.15) is 0 Å². The first-order chi connectivity index (χ1) is 28.6. The first-order valence-corrected chi connectivity index (χ1v) is 22.5. The Hall–Kier alpha value is -5.88. The molecule has 2 aliphatic heterocycles. The van der Waals surface area contributed by atoms with Crippen LogP contribution < -0.4 is 28.4 Å². The number of ether oxygens (including phenoxy) is 1. The normalized spacial score (nSPS) is 13.8. The van der Waals surface area contributed by atoms with E-state index in [-0.39, 0.29) is 31.2 Å². The van der Waals surface area contributed by atoms with Crippen LogP contribution in [0.2, 0.25) is 0 Å². The van der Waals surface area contributed by atoms with Gasteiger partial charge >= 0.3 is 240 Å². The van der Waals surface area contributed by atoms with Crippen molar-refractivity contribution in [1.29, 1.82) is 0 Å². The zero-order valence-electron chi connectivity index (χ0n) is 36.1. The molecule has 302 valence electrons. The molecule has 0 saturated heterocycles. The third-order valence-electron chi connectivity index (χ3n) is 11.5. The predicted molar refractivity (Wildman–Crippen MR) is 252 cm³/mol. The molecule has 0 radical (unpaired) electrons. The van der Waals surface area contributed by atoms with Crippen LogP contribution in [0.3, 0.4) is 0 Å². The molecular formula is C53H53N5OSe. The average molecular weight is 855 g/mol. The van der Waals surface area contributed by atoms with Crippen LogP contribution in [-0.2, 0) is 16.2 Å². The molecule has 7 heteroatoms. The Morgan fingerprint density at radius 3 is 2.00 bits per heavy atom. The van der Waals surface area contributed by atoms with Crippen LogP contribution >= 0.6 is 0 Å². The SMILES string of the molecule is CC(C)(C)c1cc(-c2ccccc2)cc(N2CN(c3cccc(Oc4ccc5c(c4)N(c4cc(C(C)(C)C)ccn4)c4ccncc4[Se]5)c3)c3cc(C(C)(C)C)ccc32)c1.